The molecule has 0 atom stereocenters. The van der Waals surface area contributed by atoms with Crippen LogP contribution in [0.4, 0.5) is 4.39 Å². The maximum atomic E-state index is 13.7. The molecular formula is C15H20FNO4. The zero-order valence-electron chi connectivity index (χ0n) is 12.3. The Bertz CT molecular complexity index is 519. The van der Waals surface area contributed by atoms with E-state index in [1.807, 2.05) is 13.8 Å². The summed E-state index contributed by atoms with van der Waals surface area (Å²) >= 11 is 0. The molecule has 0 saturated heterocycles. The van der Waals surface area contributed by atoms with Crippen molar-refractivity contribution < 1.29 is 23.6 Å². The summed E-state index contributed by atoms with van der Waals surface area (Å²) < 4.78 is 23.9. The van der Waals surface area contributed by atoms with Gasteiger partial charge in [-0.3, -0.25) is 0 Å². The second-order valence-corrected chi connectivity index (χ2v) is 4.40. The quantitative estimate of drug-likeness (QED) is 0.553. The van der Waals surface area contributed by atoms with E-state index in [1.165, 1.54) is 12.1 Å². The third kappa shape index (κ3) is 5.91. The summed E-state index contributed by atoms with van der Waals surface area (Å²) in [4.78, 5) is 10.6. The monoisotopic (exact) mass is 297 g/mol. The Hall–Kier alpha value is -1.95. The van der Waals surface area contributed by atoms with Crippen LogP contribution in [0, 0.1) is 0 Å². The minimum atomic E-state index is -1.15. The highest BCUT2D eigenvalue weighted by atomic mass is 19.1. The summed E-state index contributed by atoms with van der Waals surface area (Å²) in [6.45, 7) is 4.29. The zero-order chi connectivity index (χ0) is 15.7. The van der Waals surface area contributed by atoms with Crippen molar-refractivity contribution in [3.05, 3.63) is 41.1 Å². The van der Waals surface area contributed by atoms with Gasteiger partial charge >= 0.3 is 5.97 Å². The first-order valence-corrected chi connectivity index (χ1v) is 6.89. The van der Waals surface area contributed by atoms with Crippen molar-refractivity contribution in [2.45, 2.75) is 39.7 Å². The SMILES string of the molecule is CC/C=C\C(F)=C(\CC)CCOCc1cc(C(=O)O)no1. The van der Waals surface area contributed by atoms with Gasteiger partial charge in [-0.15, -0.1) is 0 Å². The number of carboxylic acids is 1. The summed E-state index contributed by atoms with van der Waals surface area (Å²) in [5, 5.41) is 12.1. The third-order valence-electron chi connectivity index (χ3n) is 2.83. The van der Waals surface area contributed by atoms with Gasteiger partial charge < -0.3 is 14.4 Å². The standard InChI is InChI=1S/C15H20FNO4/c1-3-5-6-13(16)11(4-2)7-8-20-10-12-9-14(15(18)19)17-21-12/h5-6,9H,3-4,7-8,10H2,1-2H3,(H,18,19)/b6-5-,13-11+. The van der Waals surface area contributed by atoms with Crippen molar-refractivity contribution in [2.24, 2.45) is 0 Å². The highest BCUT2D eigenvalue weighted by Crippen LogP contribution is 2.16. The molecule has 1 heterocycles. The highest BCUT2D eigenvalue weighted by molar-refractivity contribution is 5.85. The van der Waals surface area contributed by atoms with Crippen LogP contribution in [0.15, 0.2) is 34.1 Å². The van der Waals surface area contributed by atoms with Crippen LogP contribution in [0.25, 0.3) is 0 Å². The molecule has 0 radical (unpaired) electrons. The van der Waals surface area contributed by atoms with Gasteiger partial charge in [0.1, 0.15) is 12.4 Å². The lowest BCUT2D eigenvalue weighted by Crippen LogP contribution is -1.98. The fourth-order valence-electron chi connectivity index (χ4n) is 1.65. The minimum Gasteiger partial charge on any atom is -0.476 e. The average molecular weight is 297 g/mol. The number of allylic oxidation sites excluding steroid dienone is 3. The molecule has 1 N–H and O–H groups in total. The van der Waals surface area contributed by atoms with Crippen LogP contribution < -0.4 is 0 Å². The van der Waals surface area contributed by atoms with E-state index in [0.717, 1.165) is 6.42 Å². The van der Waals surface area contributed by atoms with Gasteiger partial charge in [-0.1, -0.05) is 25.1 Å². The smallest absolute Gasteiger partial charge is 0.358 e. The molecule has 5 nitrogen and oxygen atoms in total. The molecular weight excluding hydrogens is 277 g/mol. The molecule has 0 aliphatic carbocycles. The number of carbonyl (C=O) groups is 1. The van der Waals surface area contributed by atoms with Crippen LogP contribution in [-0.2, 0) is 11.3 Å². The van der Waals surface area contributed by atoms with Crippen LogP contribution in [0.1, 0.15) is 49.4 Å². The molecule has 0 saturated carbocycles. The van der Waals surface area contributed by atoms with Crippen molar-refractivity contribution in [3.63, 3.8) is 0 Å². The third-order valence-corrected chi connectivity index (χ3v) is 2.83. The van der Waals surface area contributed by atoms with Gasteiger partial charge in [-0.05, 0) is 30.9 Å². The van der Waals surface area contributed by atoms with E-state index >= 15 is 0 Å². The molecule has 1 aromatic rings. The van der Waals surface area contributed by atoms with Crippen LogP contribution in [0.5, 0.6) is 0 Å². The Kier molecular flexibility index (Phi) is 7.39. The summed E-state index contributed by atoms with van der Waals surface area (Å²) in [7, 11) is 0. The number of carboxylic acid groups (broad SMARTS) is 1. The lowest BCUT2D eigenvalue weighted by molar-refractivity contribution is 0.0684. The van der Waals surface area contributed by atoms with Gasteiger partial charge in [0.25, 0.3) is 0 Å². The van der Waals surface area contributed by atoms with Gasteiger partial charge in [0.05, 0.1) is 6.61 Å². The molecule has 1 aromatic heterocycles. The molecule has 21 heavy (non-hydrogen) atoms. The molecule has 0 unspecified atom stereocenters. The molecule has 0 spiro atoms. The Morgan fingerprint density at radius 2 is 2.29 bits per heavy atom. The fraction of sp³-hybridized carbons (Fsp3) is 0.467. The zero-order valence-corrected chi connectivity index (χ0v) is 12.3. The Morgan fingerprint density at radius 1 is 1.52 bits per heavy atom. The van der Waals surface area contributed by atoms with Crippen molar-refractivity contribution >= 4 is 5.97 Å². The van der Waals surface area contributed by atoms with E-state index in [1.54, 1.807) is 6.08 Å². The summed E-state index contributed by atoms with van der Waals surface area (Å²) in [5.74, 6) is -1.03. The number of rotatable bonds is 9. The predicted molar refractivity (Wildman–Crippen MR) is 75.6 cm³/mol. The van der Waals surface area contributed by atoms with E-state index in [9.17, 15) is 9.18 Å². The number of hydrogen-bond acceptors (Lipinski definition) is 4. The summed E-state index contributed by atoms with van der Waals surface area (Å²) in [5.41, 5.74) is 0.544. The highest BCUT2D eigenvalue weighted by Gasteiger charge is 2.10. The van der Waals surface area contributed by atoms with Crippen molar-refractivity contribution in [3.8, 4) is 0 Å². The largest absolute Gasteiger partial charge is 0.476 e. The molecule has 0 aromatic carbocycles. The number of aromatic nitrogens is 1. The maximum Gasteiger partial charge on any atom is 0.358 e. The van der Waals surface area contributed by atoms with E-state index in [0.29, 0.717) is 30.8 Å². The van der Waals surface area contributed by atoms with Crippen molar-refractivity contribution in [2.75, 3.05) is 6.61 Å². The molecule has 0 aliphatic heterocycles. The van der Waals surface area contributed by atoms with Crippen LogP contribution >= 0.6 is 0 Å². The second-order valence-electron chi connectivity index (χ2n) is 4.40. The van der Waals surface area contributed by atoms with Gasteiger partial charge in [-0.2, -0.15) is 0 Å². The topological polar surface area (TPSA) is 72.6 Å². The van der Waals surface area contributed by atoms with Gasteiger partial charge in [0, 0.05) is 6.07 Å². The summed E-state index contributed by atoms with van der Waals surface area (Å²) in [6, 6.07) is 1.31. The van der Waals surface area contributed by atoms with Crippen molar-refractivity contribution in [1.29, 1.82) is 0 Å². The minimum absolute atomic E-state index is 0.115. The number of aromatic carboxylic acids is 1. The number of hydrogen-bond donors (Lipinski definition) is 1. The molecule has 0 aliphatic rings. The second kappa shape index (κ2) is 9.07. The normalized spacial score (nSPS) is 12.7. The van der Waals surface area contributed by atoms with E-state index in [4.69, 9.17) is 14.4 Å². The van der Waals surface area contributed by atoms with Gasteiger partial charge in [0.2, 0.25) is 0 Å². The van der Waals surface area contributed by atoms with Crippen LogP contribution in [0.2, 0.25) is 0 Å². The van der Waals surface area contributed by atoms with Gasteiger partial charge in [0.15, 0.2) is 11.5 Å². The molecule has 0 fully saturated rings. The fourth-order valence-corrected chi connectivity index (χ4v) is 1.65. The first-order valence-electron chi connectivity index (χ1n) is 6.89. The van der Waals surface area contributed by atoms with E-state index < -0.39 is 5.97 Å². The lowest BCUT2D eigenvalue weighted by Gasteiger charge is -2.05. The summed E-state index contributed by atoms with van der Waals surface area (Å²) in [6.07, 6.45) is 5.14. The van der Waals surface area contributed by atoms with Crippen molar-refractivity contribution in [1.82, 2.24) is 5.16 Å². The first kappa shape index (κ1) is 17.1. The molecule has 0 bridgehead atoms. The van der Waals surface area contributed by atoms with E-state index in [-0.39, 0.29) is 18.1 Å². The molecule has 1 rings (SSSR count). The number of ether oxygens (including phenoxy) is 1. The van der Waals surface area contributed by atoms with Crippen LogP contribution in [-0.4, -0.2) is 22.8 Å². The average Bonchev–Trinajstić information content (AvgIpc) is 2.94. The Labute approximate surface area is 123 Å². The van der Waals surface area contributed by atoms with E-state index in [2.05, 4.69) is 5.16 Å². The Morgan fingerprint density at radius 3 is 2.86 bits per heavy atom. The number of nitrogens with zero attached hydrogens (tertiary/aromatic N) is 1. The number of halogens is 1. The van der Waals surface area contributed by atoms with Gasteiger partial charge in [-0.25, -0.2) is 9.18 Å². The Balaban J connectivity index is 2.41. The molecule has 6 heteroatoms. The van der Waals surface area contributed by atoms with Crippen LogP contribution in [0.3, 0.4) is 0 Å². The maximum absolute atomic E-state index is 13.7. The first-order chi connectivity index (χ1) is 10.1. The predicted octanol–water partition coefficient (Wildman–Crippen LogP) is 3.88. The molecule has 116 valence electrons. The lowest BCUT2D eigenvalue weighted by atomic mass is 10.1. The molecule has 0 amide bonds.